The van der Waals surface area contributed by atoms with Crippen molar-refractivity contribution in [1.82, 2.24) is 0 Å². The van der Waals surface area contributed by atoms with Gasteiger partial charge in [-0.3, -0.25) is 0 Å². The summed E-state index contributed by atoms with van der Waals surface area (Å²) in [6, 6.07) is 12.4. The number of hydrogen-bond acceptors (Lipinski definition) is 1. The van der Waals surface area contributed by atoms with Gasteiger partial charge in [0, 0.05) is 5.02 Å². The zero-order valence-electron chi connectivity index (χ0n) is 10.4. The van der Waals surface area contributed by atoms with Gasteiger partial charge in [-0.25, -0.2) is 4.39 Å². The largest absolute Gasteiger partial charge is 0.318 e. The molecule has 0 aliphatic carbocycles. The van der Waals surface area contributed by atoms with Gasteiger partial charge in [0.05, 0.1) is 5.54 Å². The zero-order chi connectivity index (χ0) is 13.3. The molecular weight excluding hydrogens is 249 g/mol. The molecule has 0 spiro atoms. The van der Waals surface area contributed by atoms with Crippen LogP contribution in [0.4, 0.5) is 4.39 Å². The Bertz CT molecular complexity index is 578. The zero-order valence-corrected chi connectivity index (χ0v) is 11.1. The number of hydrogen-bond donors (Lipinski definition) is 1. The van der Waals surface area contributed by atoms with Gasteiger partial charge in [-0.15, -0.1) is 0 Å². The van der Waals surface area contributed by atoms with Crippen LogP contribution < -0.4 is 5.73 Å². The number of benzene rings is 2. The third-order valence-corrected chi connectivity index (χ3v) is 3.53. The van der Waals surface area contributed by atoms with Crippen molar-refractivity contribution in [1.29, 1.82) is 0 Å². The van der Waals surface area contributed by atoms with Crippen molar-refractivity contribution >= 4 is 11.6 Å². The highest BCUT2D eigenvalue weighted by atomic mass is 35.5. The molecule has 0 aliphatic rings. The molecule has 2 aromatic rings. The molecule has 2 aromatic carbocycles. The third-order valence-electron chi connectivity index (χ3n) is 3.20. The minimum Gasteiger partial charge on any atom is -0.318 e. The summed E-state index contributed by atoms with van der Waals surface area (Å²) in [5.74, 6) is -0.253. The molecule has 2 N–H and O–H groups in total. The molecule has 0 aromatic heterocycles. The van der Waals surface area contributed by atoms with Crippen molar-refractivity contribution in [2.75, 3.05) is 0 Å². The van der Waals surface area contributed by atoms with Crippen molar-refractivity contribution in [2.24, 2.45) is 5.73 Å². The molecule has 0 radical (unpaired) electrons. The van der Waals surface area contributed by atoms with E-state index in [1.165, 1.54) is 6.07 Å². The fourth-order valence-corrected chi connectivity index (χ4v) is 2.29. The number of aryl methyl sites for hydroxylation is 1. The van der Waals surface area contributed by atoms with Crippen molar-refractivity contribution in [2.45, 2.75) is 19.4 Å². The van der Waals surface area contributed by atoms with Gasteiger partial charge < -0.3 is 5.73 Å². The monoisotopic (exact) mass is 263 g/mol. The maximum Gasteiger partial charge on any atom is 0.126 e. The highest BCUT2D eigenvalue weighted by Crippen LogP contribution is 2.32. The van der Waals surface area contributed by atoms with Crippen LogP contribution >= 0.6 is 11.6 Å². The lowest BCUT2D eigenvalue weighted by molar-refractivity contribution is 0.578. The lowest BCUT2D eigenvalue weighted by Crippen LogP contribution is -2.34. The van der Waals surface area contributed by atoms with Crippen LogP contribution in [-0.2, 0) is 5.54 Å². The van der Waals surface area contributed by atoms with E-state index in [4.69, 9.17) is 17.3 Å². The summed E-state index contributed by atoms with van der Waals surface area (Å²) >= 11 is 6.16. The lowest BCUT2D eigenvalue weighted by atomic mass is 9.85. The molecular formula is C15H15ClFN. The highest BCUT2D eigenvalue weighted by molar-refractivity contribution is 6.31. The standard InChI is InChI=1S/C15H15ClFN/c1-10-7-8-11(9-14(10)17)15(2,18)12-5-3-4-6-13(12)16/h3-9H,18H2,1-2H3. The van der Waals surface area contributed by atoms with E-state index in [2.05, 4.69) is 0 Å². The Morgan fingerprint density at radius 3 is 2.44 bits per heavy atom. The predicted molar refractivity (Wildman–Crippen MR) is 73.2 cm³/mol. The Morgan fingerprint density at radius 1 is 1.17 bits per heavy atom. The first-order chi connectivity index (χ1) is 8.43. The molecule has 3 heteroatoms. The summed E-state index contributed by atoms with van der Waals surface area (Å²) in [6.45, 7) is 3.56. The number of rotatable bonds is 2. The summed E-state index contributed by atoms with van der Waals surface area (Å²) < 4.78 is 13.6. The molecule has 0 amide bonds. The van der Waals surface area contributed by atoms with Crippen LogP contribution in [0.3, 0.4) is 0 Å². The Kier molecular flexibility index (Phi) is 3.42. The van der Waals surface area contributed by atoms with Gasteiger partial charge in [-0.1, -0.05) is 41.9 Å². The quantitative estimate of drug-likeness (QED) is 0.870. The molecule has 0 aliphatic heterocycles. The van der Waals surface area contributed by atoms with E-state index >= 15 is 0 Å². The Hall–Kier alpha value is -1.38. The highest BCUT2D eigenvalue weighted by Gasteiger charge is 2.26. The Labute approximate surface area is 111 Å². The lowest BCUT2D eigenvalue weighted by Gasteiger charge is -2.27. The van der Waals surface area contributed by atoms with Crippen LogP contribution in [0, 0.1) is 12.7 Å². The SMILES string of the molecule is Cc1ccc(C(C)(N)c2ccccc2Cl)cc1F. The van der Waals surface area contributed by atoms with Crippen LogP contribution in [0.25, 0.3) is 0 Å². The number of halogens is 2. The Balaban J connectivity index is 2.54. The molecule has 94 valence electrons. The minimum atomic E-state index is -0.813. The van der Waals surface area contributed by atoms with Gasteiger partial charge in [-0.2, -0.15) is 0 Å². The maximum atomic E-state index is 13.6. The van der Waals surface area contributed by atoms with Gasteiger partial charge in [0.25, 0.3) is 0 Å². The normalized spacial score (nSPS) is 14.3. The molecule has 1 nitrogen and oxygen atoms in total. The van der Waals surface area contributed by atoms with Crippen LogP contribution in [0.2, 0.25) is 5.02 Å². The first-order valence-electron chi connectivity index (χ1n) is 5.73. The average molecular weight is 264 g/mol. The Morgan fingerprint density at radius 2 is 1.83 bits per heavy atom. The second-order valence-corrected chi connectivity index (χ2v) is 5.05. The molecule has 0 heterocycles. The van der Waals surface area contributed by atoms with Crippen LogP contribution in [-0.4, -0.2) is 0 Å². The predicted octanol–water partition coefficient (Wildman–Crippen LogP) is 4.01. The minimum absolute atomic E-state index is 0.253. The van der Waals surface area contributed by atoms with Crippen molar-refractivity contribution in [3.8, 4) is 0 Å². The van der Waals surface area contributed by atoms with Gasteiger partial charge >= 0.3 is 0 Å². The second kappa shape index (κ2) is 4.71. The van der Waals surface area contributed by atoms with Gasteiger partial charge in [-0.05, 0) is 42.7 Å². The van der Waals surface area contributed by atoms with Gasteiger partial charge in [0.2, 0.25) is 0 Å². The summed E-state index contributed by atoms with van der Waals surface area (Å²) in [7, 11) is 0. The first-order valence-corrected chi connectivity index (χ1v) is 6.11. The summed E-state index contributed by atoms with van der Waals surface area (Å²) in [5, 5.41) is 0.587. The van der Waals surface area contributed by atoms with Crippen molar-refractivity contribution in [3.05, 3.63) is 70.0 Å². The van der Waals surface area contributed by atoms with E-state index < -0.39 is 5.54 Å². The van der Waals surface area contributed by atoms with E-state index in [9.17, 15) is 4.39 Å². The van der Waals surface area contributed by atoms with E-state index in [0.29, 0.717) is 16.1 Å². The molecule has 0 saturated heterocycles. The summed E-state index contributed by atoms with van der Waals surface area (Å²) in [5.41, 5.74) is 7.61. The smallest absolute Gasteiger partial charge is 0.126 e. The molecule has 0 saturated carbocycles. The van der Waals surface area contributed by atoms with E-state index in [1.54, 1.807) is 19.1 Å². The summed E-state index contributed by atoms with van der Waals surface area (Å²) in [4.78, 5) is 0. The van der Waals surface area contributed by atoms with E-state index in [0.717, 1.165) is 5.56 Å². The first kappa shape index (κ1) is 13.1. The molecule has 2 rings (SSSR count). The van der Waals surface area contributed by atoms with Crippen molar-refractivity contribution < 1.29 is 4.39 Å². The van der Waals surface area contributed by atoms with Gasteiger partial charge in [0.15, 0.2) is 0 Å². The van der Waals surface area contributed by atoms with Gasteiger partial charge in [0.1, 0.15) is 5.82 Å². The van der Waals surface area contributed by atoms with Crippen LogP contribution in [0.1, 0.15) is 23.6 Å². The molecule has 18 heavy (non-hydrogen) atoms. The summed E-state index contributed by atoms with van der Waals surface area (Å²) in [6.07, 6.45) is 0. The fourth-order valence-electron chi connectivity index (χ4n) is 1.95. The average Bonchev–Trinajstić information content (AvgIpc) is 2.33. The maximum absolute atomic E-state index is 13.6. The van der Waals surface area contributed by atoms with Crippen molar-refractivity contribution in [3.63, 3.8) is 0 Å². The molecule has 1 unspecified atom stereocenters. The number of nitrogens with two attached hydrogens (primary N) is 1. The third kappa shape index (κ3) is 2.26. The van der Waals surface area contributed by atoms with Crippen LogP contribution in [0.5, 0.6) is 0 Å². The fraction of sp³-hybridized carbons (Fsp3) is 0.200. The second-order valence-electron chi connectivity index (χ2n) is 4.65. The molecule has 1 atom stereocenters. The van der Waals surface area contributed by atoms with Crippen LogP contribution in [0.15, 0.2) is 42.5 Å². The molecule has 0 bridgehead atoms. The topological polar surface area (TPSA) is 26.0 Å². The van der Waals surface area contributed by atoms with E-state index in [1.807, 2.05) is 31.2 Å². The molecule has 0 fully saturated rings. The van der Waals surface area contributed by atoms with E-state index in [-0.39, 0.29) is 5.82 Å².